The average Bonchev–Trinajstić information content (AvgIpc) is 2.91. The topological polar surface area (TPSA) is 53.0 Å². The number of carbonyl (C=O) groups is 1. The van der Waals surface area contributed by atoms with E-state index in [1.807, 2.05) is 17.0 Å². The maximum atomic E-state index is 12.3. The number of piperidine rings is 1. The third-order valence-electron chi connectivity index (χ3n) is 6.47. The van der Waals surface area contributed by atoms with Gasteiger partial charge >= 0.3 is 0 Å². The van der Waals surface area contributed by atoms with Crippen LogP contribution < -0.4 is 4.74 Å². The predicted molar refractivity (Wildman–Crippen MR) is 130 cm³/mol. The van der Waals surface area contributed by atoms with Crippen molar-refractivity contribution in [3.8, 4) is 17.6 Å². The van der Waals surface area contributed by atoms with Gasteiger partial charge in [-0.05, 0) is 44.5 Å². The molecule has 2 heterocycles. The Morgan fingerprint density at radius 3 is 2.48 bits per heavy atom. The Hall–Kier alpha value is -2.81. The van der Waals surface area contributed by atoms with E-state index in [9.17, 15) is 9.90 Å². The molecule has 174 valence electrons. The molecule has 2 aliphatic rings. The van der Waals surface area contributed by atoms with E-state index in [2.05, 4.69) is 54.0 Å². The second-order valence-corrected chi connectivity index (χ2v) is 10.1. The Morgan fingerprint density at radius 1 is 1.15 bits per heavy atom. The molecule has 2 aliphatic heterocycles. The fourth-order valence-electron chi connectivity index (χ4n) is 4.58. The number of likely N-dealkylation sites (tertiary alicyclic amines) is 1. The van der Waals surface area contributed by atoms with E-state index < -0.39 is 5.60 Å². The molecule has 0 aliphatic carbocycles. The van der Waals surface area contributed by atoms with E-state index in [0.29, 0.717) is 13.1 Å². The van der Waals surface area contributed by atoms with Gasteiger partial charge in [-0.3, -0.25) is 9.69 Å². The van der Waals surface area contributed by atoms with Gasteiger partial charge in [0.15, 0.2) is 0 Å². The van der Waals surface area contributed by atoms with Crippen molar-refractivity contribution < 1.29 is 14.6 Å². The van der Waals surface area contributed by atoms with Crippen LogP contribution in [0.4, 0.5) is 0 Å². The Kier molecular flexibility index (Phi) is 6.52. The summed E-state index contributed by atoms with van der Waals surface area (Å²) in [6.45, 7) is 11.1. The van der Waals surface area contributed by atoms with Crippen molar-refractivity contribution in [2.24, 2.45) is 0 Å². The molecule has 1 saturated heterocycles. The number of hydrogen-bond donors (Lipinski definition) is 1. The lowest BCUT2D eigenvalue weighted by molar-refractivity contribution is -0.132. The number of aryl methyl sites for hydroxylation is 1. The molecular weight excluding hydrogens is 412 g/mol. The first-order valence-electron chi connectivity index (χ1n) is 11.7. The van der Waals surface area contributed by atoms with E-state index in [-0.39, 0.29) is 11.5 Å². The lowest BCUT2D eigenvalue weighted by Gasteiger charge is -2.42. The SMILES string of the molecule is CC(=O)N1Cc2cc(C)ccc2OC2(CCN(Cc3ccc(C#CC(C)(C)O)cc3)CC2)C1. The van der Waals surface area contributed by atoms with Crippen molar-refractivity contribution in [1.29, 1.82) is 0 Å². The lowest BCUT2D eigenvalue weighted by atomic mass is 9.90. The zero-order valence-electron chi connectivity index (χ0n) is 20.1. The van der Waals surface area contributed by atoms with E-state index >= 15 is 0 Å². The van der Waals surface area contributed by atoms with E-state index in [1.165, 1.54) is 11.1 Å². The third-order valence-corrected chi connectivity index (χ3v) is 6.47. The highest BCUT2D eigenvalue weighted by atomic mass is 16.5. The standard InChI is InChI=1S/C28H34N2O3/c1-21-5-10-26-25(17-21)19-30(22(2)31)20-28(33-26)13-15-29(16-14-28)18-24-8-6-23(7-9-24)11-12-27(3,4)32/h5-10,17,32H,13-16,18-20H2,1-4H3. The number of nitrogens with zero attached hydrogens (tertiary/aromatic N) is 2. The number of hydrogen-bond acceptors (Lipinski definition) is 4. The number of benzene rings is 2. The number of aliphatic hydroxyl groups is 1. The maximum absolute atomic E-state index is 12.3. The summed E-state index contributed by atoms with van der Waals surface area (Å²) in [4.78, 5) is 16.7. The minimum Gasteiger partial charge on any atom is -0.485 e. The molecule has 1 fully saturated rings. The molecular formula is C28H34N2O3. The molecule has 0 aromatic heterocycles. The summed E-state index contributed by atoms with van der Waals surface area (Å²) < 4.78 is 6.63. The van der Waals surface area contributed by atoms with Crippen LogP contribution in [-0.4, -0.2) is 51.6 Å². The largest absolute Gasteiger partial charge is 0.485 e. The molecule has 0 bridgehead atoms. The van der Waals surface area contributed by atoms with Crippen LogP contribution in [-0.2, 0) is 17.9 Å². The van der Waals surface area contributed by atoms with Crippen molar-refractivity contribution in [2.45, 2.75) is 64.8 Å². The quantitative estimate of drug-likeness (QED) is 0.711. The molecule has 0 atom stereocenters. The minimum absolute atomic E-state index is 0.0996. The van der Waals surface area contributed by atoms with E-state index in [4.69, 9.17) is 4.74 Å². The van der Waals surface area contributed by atoms with Gasteiger partial charge in [0, 0.05) is 57.1 Å². The summed E-state index contributed by atoms with van der Waals surface area (Å²) in [5.41, 5.74) is 3.11. The molecule has 5 heteroatoms. The Morgan fingerprint density at radius 2 is 1.85 bits per heavy atom. The van der Waals surface area contributed by atoms with Gasteiger partial charge < -0.3 is 14.7 Å². The van der Waals surface area contributed by atoms with Gasteiger partial charge in [0.25, 0.3) is 0 Å². The second kappa shape index (κ2) is 9.21. The molecule has 1 spiro atoms. The summed E-state index contributed by atoms with van der Waals surface area (Å²) in [6, 6.07) is 14.5. The summed E-state index contributed by atoms with van der Waals surface area (Å²) in [5, 5.41) is 9.77. The van der Waals surface area contributed by atoms with Crippen LogP contribution in [0.1, 0.15) is 55.9 Å². The number of ether oxygens (including phenoxy) is 1. The van der Waals surface area contributed by atoms with Crippen LogP contribution in [0.2, 0.25) is 0 Å². The molecule has 33 heavy (non-hydrogen) atoms. The molecule has 2 aromatic rings. The zero-order chi connectivity index (χ0) is 23.6. The molecule has 2 aromatic carbocycles. The Bertz CT molecular complexity index is 1070. The van der Waals surface area contributed by atoms with E-state index in [1.54, 1.807) is 20.8 Å². The van der Waals surface area contributed by atoms with Crippen molar-refractivity contribution in [1.82, 2.24) is 9.80 Å². The van der Waals surface area contributed by atoms with Gasteiger partial charge in [-0.15, -0.1) is 0 Å². The first-order valence-corrected chi connectivity index (χ1v) is 11.7. The smallest absolute Gasteiger partial charge is 0.219 e. The first-order chi connectivity index (χ1) is 15.6. The maximum Gasteiger partial charge on any atom is 0.219 e. The van der Waals surface area contributed by atoms with Gasteiger partial charge in [0.1, 0.15) is 17.0 Å². The molecule has 4 rings (SSSR count). The van der Waals surface area contributed by atoms with Gasteiger partial charge in [-0.25, -0.2) is 0 Å². The molecule has 1 N–H and O–H groups in total. The van der Waals surface area contributed by atoms with Crippen LogP contribution in [0, 0.1) is 18.8 Å². The average molecular weight is 447 g/mol. The lowest BCUT2D eigenvalue weighted by Crippen LogP contribution is -2.53. The van der Waals surface area contributed by atoms with E-state index in [0.717, 1.165) is 49.4 Å². The van der Waals surface area contributed by atoms with Crippen LogP contribution in [0.15, 0.2) is 42.5 Å². The molecule has 0 saturated carbocycles. The summed E-state index contributed by atoms with van der Waals surface area (Å²) in [5.74, 6) is 6.89. The van der Waals surface area contributed by atoms with Gasteiger partial charge in [0.05, 0.1) is 6.54 Å². The minimum atomic E-state index is -0.986. The van der Waals surface area contributed by atoms with Gasteiger partial charge in [0.2, 0.25) is 5.91 Å². The molecule has 1 amide bonds. The van der Waals surface area contributed by atoms with Crippen LogP contribution >= 0.6 is 0 Å². The molecule has 0 unspecified atom stereocenters. The summed E-state index contributed by atoms with van der Waals surface area (Å²) in [6.07, 6.45) is 1.78. The van der Waals surface area contributed by atoms with Crippen molar-refractivity contribution >= 4 is 5.91 Å². The fraction of sp³-hybridized carbons (Fsp3) is 0.464. The molecule has 0 radical (unpaired) electrons. The first kappa shape index (κ1) is 23.4. The Labute approximate surface area is 197 Å². The highest BCUT2D eigenvalue weighted by Crippen LogP contribution is 2.36. The van der Waals surface area contributed by atoms with Crippen molar-refractivity contribution in [3.05, 3.63) is 64.7 Å². The van der Waals surface area contributed by atoms with Crippen LogP contribution in [0.5, 0.6) is 5.75 Å². The monoisotopic (exact) mass is 446 g/mol. The van der Waals surface area contributed by atoms with Gasteiger partial charge in [-0.1, -0.05) is 41.7 Å². The highest BCUT2D eigenvalue weighted by Gasteiger charge is 2.41. The third kappa shape index (κ3) is 5.96. The normalized spacial score (nSPS) is 18.0. The summed E-state index contributed by atoms with van der Waals surface area (Å²) >= 11 is 0. The highest BCUT2D eigenvalue weighted by molar-refractivity contribution is 5.73. The second-order valence-electron chi connectivity index (χ2n) is 10.1. The Balaban J connectivity index is 1.42. The predicted octanol–water partition coefficient (Wildman–Crippen LogP) is 3.89. The van der Waals surface area contributed by atoms with Gasteiger partial charge in [-0.2, -0.15) is 0 Å². The van der Waals surface area contributed by atoms with Crippen molar-refractivity contribution in [2.75, 3.05) is 19.6 Å². The zero-order valence-corrected chi connectivity index (χ0v) is 20.1. The van der Waals surface area contributed by atoms with Crippen LogP contribution in [0.3, 0.4) is 0 Å². The molecule has 5 nitrogen and oxygen atoms in total. The van der Waals surface area contributed by atoms with Crippen LogP contribution in [0.25, 0.3) is 0 Å². The number of fused-ring (bicyclic) bond motifs is 1. The van der Waals surface area contributed by atoms with Crippen molar-refractivity contribution in [3.63, 3.8) is 0 Å². The fourth-order valence-corrected chi connectivity index (χ4v) is 4.58. The summed E-state index contributed by atoms with van der Waals surface area (Å²) in [7, 11) is 0. The number of rotatable bonds is 2. The number of amides is 1. The number of carbonyl (C=O) groups excluding carboxylic acids is 1.